The number of aliphatic hydroxyl groups is 1. The van der Waals surface area contributed by atoms with Crippen LogP contribution in [0.2, 0.25) is 0 Å². The van der Waals surface area contributed by atoms with Gasteiger partial charge in [0.25, 0.3) is 0 Å². The number of benzene rings is 2. The van der Waals surface area contributed by atoms with Crippen molar-refractivity contribution >= 4 is 41.4 Å². The molecule has 1 unspecified atom stereocenters. The quantitative estimate of drug-likeness (QED) is 0.772. The van der Waals surface area contributed by atoms with Crippen LogP contribution in [0.25, 0.3) is 0 Å². The number of nitrogens with one attached hydrogen (secondary N) is 1. The van der Waals surface area contributed by atoms with E-state index in [0.717, 1.165) is 22.7 Å². The molecule has 0 amide bonds. The van der Waals surface area contributed by atoms with Gasteiger partial charge in [-0.2, -0.15) is 0 Å². The normalized spacial score (nSPS) is 17.7. The Hall–Kier alpha value is -2.79. The van der Waals surface area contributed by atoms with Gasteiger partial charge in [0.1, 0.15) is 6.23 Å². The van der Waals surface area contributed by atoms with Gasteiger partial charge in [0, 0.05) is 31.5 Å². The number of nitrogens with zero attached hydrogens (tertiary/aromatic N) is 3. The number of fused-ring (bicyclic) bond motifs is 2. The Labute approximate surface area is 135 Å². The fraction of sp³-hybridized carbons (Fsp3) is 0.167. The van der Waals surface area contributed by atoms with Crippen LogP contribution in [0.5, 0.6) is 0 Å². The van der Waals surface area contributed by atoms with Gasteiger partial charge < -0.3 is 10.4 Å². The average molecular weight is 306 g/mol. The van der Waals surface area contributed by atoms with Crippen molar-refractivity contribution in [1.29, 1.82) is 0 Å². The highest BCUT2D eigenvalue weighted by Gasteiger charge is 2.06. The van der Waals surface area contributed by atoms with E-state index in [4.69, 9.17) is 0 Å². The molecule has 5 heteroatoms. The summed E-state index contributed by atoms with van der Waals surface area (Å²) in [5.41, 5.74) is 3.16. The summed E-state index contributed by atoms with van der Waals surface area (Å²) in [6, 6.07) is 15.3. The SMILES string of the molecule is OC1CC=Nc2ccccc2N=CCC=Nc2ccccc2N1. The molecule has 0 saturated heterocycles. The first-order valence-corrected chi connectivity index (χ1v) is 7.53. The lowest BCUT2D eigenvalue weighted by Crippen LogP contribution is -2.18. The summed E-state index contributed by atoms with van der Waals surface area (Å²) < 4.78 is 0. The number of hydrogen-bond acceptors (Lipinski definition) is 5. The molecular weight excluding hydrogens is 288 g/mol. The summed E-state index contributed by atoms with van der Waals surface area (Å²) in [6.07, 6.45) is 5.59. The lowest BCUT2D eigenvalue weighted by Gasteiger charge is -2.14. The molecule has 23 heavy (non-hydrogen) atoms. The van der Waals surface area contributed by atoms with E-state index in [1.54, 1.807) is 12.4 Å². The molecule has 3 rings (SSSR count). The maximum atomic E-state index is 10.1. The number of aliphatic hydroxyl groups excluding tert-OH is 1. The molecule has 2 aromatic carbocycles. The molecule has 0 aliphatic carbocycles. The van der Waals surface area contributed by atoms with Gasteiger partial charge in [-0.1, -0.05) is 24.3 Å². The summed E-state index contributed by atoms with van der Waals surface area (Å²) in [5.74, 6) is 0. The molecule has 0 radical (unpaired) electrons. The van der Waals surface area contributed by atoms with E-state index in [1.807, 2.05) is 54.7 Å². The molecular formula is C18H18N4O. The standard InChI is InChI=1S/C18H18N4O/c23-18-10-13-21-15-7-2-1-6-14(15)19-11-5-12-20-16-8-3-4-9-17(16)22-18/h1-4,6-9,11-13,18,22-23H,5,10H2. The van der Waals surface area contributed by atoms with Crippen LogP contribution in [0.15, 0.2) is 63.5 Å². The minimum absolute atomic E-state index is 0.385. The fourth-order valence-corrected chi connectivity index (χ4v) is 2.23. The van der Waals surface area contributed by atoms with E-state index in [1.165, 1.54) is 0 Å². The third-order valence-corrected chi connectivity index (χ3v) is 3.34. The molecule has 1 aliphatic heterocycles. The number of rotatable bonds is 0. The van der Waals surface area contributed by atoms with Gasteiger partial charge in [0.2, 0.25) is 0 Å². The third-order valence-electron chi connectivity index (χ3n) is 3.34. The van der Waals surface area contributed by atoms with Gasteiger partial charge in [-0.05, 0) is 24.3 Å². The Morgan fingerprint density at radius 2 is 1.35 bits per heavy atom. The predicted octanol–water partition coefficient (Wildman–Crippen LogP) is 4.02. The number of para-hydroxylation sites is 4. The van der Waals surface area contributed by atoms with Crippen molar-refractivity contribution in [2.24, 2.45) is 15.0 Å². The van der Waals surface area contributed by atoms with Crippen LogP contribution in [0.1, 0.15) is 12.8 Å². The molecule has 116 valence electrons. The molecule has 0 aromatic heterocycles. The summed E-state index contributed by atoms with van der Waals surface area (Å²) in [4.78, 5) is 13.3. The van der Waals surface area contributed by atoms with Crippen LogP contribution >= 0.6 is 0 Å². The van der Waals surface area contributed by atoms with E-state index in [0.29, 0.717) is 12.8 Å². The molecule has 1 heterocycles. The largest absolute Gasteiger partial charge is 0.373 e. The van der Waals surface area contributed by atoms with Crippen molar-refractivity contribution in [3.05, 3.63) is 48.5 Å². The fourth-order valence-electron chi connectivity index (χ4n) is 2.23. The van der Waals surface area contributed by atoms with E-state index in [2.05, 4.69) is 20.3 Å². The van der Waals surface area contributed by atoms with E-state index < -0.39 is 6.23 Å². The summed E-state index contributed by atoms with van der Waals surface area (Å²) in [5, 5.41) is 13.2. The summed E-state index contributed by atoms with van der Waals surface area (Å²) in [6.45, 7) is 0. The first-order valence-electron chi connectivity index (χ1n) is 7.53. The van der Waals surface area contributed by atoms with Crippen LogP contribution in [0.4, 0.5) is 22.7 Å². The number of aliphatic imine (C=N–C) groups is 3. The Bertz CT molecular complexity index is 752. The molecule has 5 nitrogen and oxygen atoms in total. The van der Waals surface area contributed by atoms with E-state index in [9.17, 15) is 5.11 Å². The van der Waals surface area contributed by atoms with Gasteiger partial charge in [-0.15, -0.1) is 0 Å². The molecule has 1 atom stereocenters. The molecule has 1 aliphatic rings. The van der Waals surface area contributed by atoms with Crippen LogP contribution in [0.3, 0.4) is 0 Å². The molecule has 2 aromatic rings. The minimum Gasteiger partial charge on any atom is -0.373 e. The van der Waals surface area contributed by atoms with Crippen molar-refractivity contribution < 1.29 is 5.11 Å². The highest BCUT2D eigenvalue weighted by Crippen LogP contribution is 2.27. The molecule has 0 fully saturated rings. The van der Waals surface area contributed by atoms with Crippen molar-refractivity contribution in [3.8, 4) is 0 Å². The van der Waals surface area contributed by atoms with E-state index in [-0.39, 0.29) is 0 Å². The van der Waals surface area contributed by atoms with Crippen molar-refractivity contribution in [2.45, 2.75) is 19.1 Å². The summed E-state index contributed by atoms with van der Waals surface area (Å²) in [7, 11) is 0. The number of hydrogen-bond donors (Lipinski definition) is 2. The van der Waals surface area contributed by atoms with Gasteiger partial charge >= 0.3 is 0 Å². The molecule has 0 spiro atoms. The van der Waals surface area contributed by atoms with Gasteiger partial charge in [-0.25, -0.2) is 0 Å². The highest BCUT2D eigenvalue weighted by molar-refractivity contribution is 5.85. The Balaban J connectivity index is 1.91. The molecule has 2 N–H and O–H groups in total. The Morgan fingerprint density at radius 3 is 2.09 bits per heavy atom. The highest BCUT2D eigenvalue weighted by atomic mass is 16.3. The lowest BCUT2D eigenvalue weighted by atomic mass is 10.2. The average Bonchev–Trinajstić information content (AvgIpc) is 2.57. The second kappa shape index (κ2) is 7.47. The predicted molar refractivity (Wildman–Crippen MR) is 96.2 cm³/mol. The maximum Gasteiger partial charge on any atom is 0.129 e. The van der Waals surface area contributed by atoms with Crippen molar-refractivity contribution in [2.75, 3.05) is 5.32 Å². The first-order chi connectivity index (χ1) is 11.3. The smallest absolute Gasteiger partial charge is 0.129 e. The zero-order valence-corrected chi connectivity index (χ0v) is 12.6. The zero-order valence-electron chi connectivity index (χ0n) is 12.6. The maximum absolute atomic E-state index is 10.1. The monoisotopic (exact) mass is 306 g/mol. The van der Waals surface area contributed by atoms with Crippen LogP contribution in [-0.2, 0) is 0 Å². The van der Waals surface area contributed by atoms with Crippen molar-refractivity contribution in [1.82, 2.24) is 0 Å². The van der Waals surface area contributed by atoms with E-state index >= 15 is 0 Å². The first kappa shape index (κ1) is 15.1. The second-order valence-electron chi connectivity index (χ2n) is 5.07. The van der Waals surface area contributed by atoms with Crippen LogP contribution in [0, 0.1) is 0 Å². The molecule has 0 saturated carbocycles. The van der Waals surface area contributed by atoms with Crippen LogP contribution < -0.4 is 5.32 Å². The number of anilines is 1. The van der Waals surface area contributed by atoms with Crippen molar-refractivity contribution in [3.63, 3.8) is 0 Å². The minimum atomic E-state index is -0.728. The topological polar surface area (TPSA) is 69.3 Å². The van der Waals surface area contributed by atoms with Gasteiger partial charge in [0.15, 0.2) is 0 Å². The van der Waals surface area contributed by atoms with Crippen LogP contribution in [-0.4, -0.2) is 30.0 Å². The second-order valence-corrected chi connectivity index (χ2v) is 5.07. The lowest BCUT2D eigenvalue weighted by molar-refractivity contribution is 0.213. The Morgan fingerprint density at radius 1 is 0.783 bits per heavy atom. The van der Waals surface area contributed by atoms with Gasteiger partial charge in [0.05, 0.1) is 22.7 Å². The summed E-state index contributed by atoms with van der Waals surface area (Å²) >= 11 is 0. The van der Waals surface area contributed by atoms with Gasteiger partial charge in [-0.3, -0.25) is 15.0 Å². The zero-order chi connectivity index (χ0) is 15.9. The third kappa shape index (κ3) is 4.11. The Kier molecular flexibility index (Phi) is 4.91. The molecule has 0 bridgehead atoms.